The summed E-state index contributed by atoms with van der Waals surface area (Å²) in [6, 6.07) is 13.3. The quantitative estimate of drug-likeness (QED) is 0.945. The highest BCUT2D eigenvalue weighted by Gasteiger charge is 2.41. The minimum absolute atomic E-state index is 0.132. The largest absolute Gasteiger partial charge is 0.241 e. The lowest BCUT2D eigenvalue weighted by Gasteiger charge is -2.23. The van der Waals surface area contributed by atoms with Gasteiger partial charge in [-0.05, 0) is 42.6 Å². The predicted octanol–water partition coefficient (Wildman–Crippen LogP) is 3.31. The molecule has 2 aliphatic rings. The fraction of sp³-hybridized carbons (Fsp3) is 0.412. The van der Waals surface area contributed by atoms with E-state index in [2.05, 4.69) is 4.72 Å². The van der Waals surface area contributed by atoms with Crippen molar-refractivity contribution in [2.45, 2.75) is 36.6 Å². The van der Waals surface area contributed by atoms with Crippen molar-refractivity contribution in [2.24, 2.45) is 11.8 Å². The van der Waals surface area contributed by atoms with E-state index in [1.165, 1.54) is 19.3 Å². The van der Waals surface area contributed by atoms with Gasteiger partial charge in [0, 0.05) is 11.4 Å². The number of benzene rings is 2. The highest BCUT2D eigenvalue weighted by atomic mass is 32.2. The van der Waals surface area contributed by atoms with Crippen LogP contribution in [0.1, 0.15) is 25.7 Å². The maximum Gasteiger partial charge on any atom is 0.241 e. The molecule has 4 heteroatoms. The van der Waals surface area contributed by atoms with Crippen LogP contribution in [-0.2, 0) is 10.0 Å². The molecule has 0 heterocycles. The summed E-state index contributed by atoms with van der Waals surface area (Å²) in [6.45, 7) is 0. The molecular weight excluding hydrogens is 282 g/mol. The highest BCUT2D eigenvalue weighted by Crippen LogP contribution is 2.45. The molecule has 0 radical (unpaired) electrons. The van der Waals surface area contributed by atoms with E-state index >= 15 is 0 Å². The molecule has 2 bridgehead atoms. The second kappa shape index (κ2) is 4.82. The van der Waals surface area contributed by atoms with Gasteiger partial charge in [-0.2, -0.15) is 0 Å². The second-order valence-electron chi connectivity index (χ2n) is 6.38. The first kappa shape index (κ1) is 13.3. The summed E-state index contributed by atoms with van der Waals surface area (Å²) in [7, 11) is -3.44. The van der Waals surface area contributed by atoms with Crippen LogP contribution >= 0.6 is 0 Å². The molecule has 1 N–H and O–H groups in total. The van der Waals surface area contributed by atoms with E-state index in [-0.39, 0.29) is 6.04 Å². The SMILES string of the molecule is O=S(=O)(NC1CC2CCC1C2)c1cccc2ccccc12. The third-order valence-electron chi connectivity index (χ3n) is 5.08. The maximum atomic E-state index is 12.8. The average Bonchev–Trinajstić information content (AvgIpc) is 3.08. The Bertz CT molecular complexity index is 779. The zero-order valence-electron chi connectivity index (χ0n) is 11.8. The van der Waals surface area contributed by atoms with E-state index in [4.69, 9.17) is 0 Å². The first-order valence-electron chi connectivity index (χ1n) is 7.63. The fourth-order valence-corrected chi connectivity index (χ4v) is 5.63. The summed E-state index contributed by atoms with van der Waals surface area (Å²) in [4.78, 5) is 0.406. The molecule has 3 atom stereocenters. The lowest BCUT2D eigenvalue weighted by atomic mass is 9.96. The van der Waals surface area contributed by atoms with Gasteiger partial charge in [-0.15, -0.1) is 0 Å². The van der Waals surface area contributed by atoms with E-state index in [1.54, 1.807) is 6.07 Å². The molecule has 2 aromatic rings. The maximum absolute atomic E-state index is 12.8. The standard InChI is InChI=1S/C17H19NO2S/c19-21(20,18-16-11-12-8-9-14(16)10-12)17-7-3-5-13-4-1-2-6-15(13)17/h1-7,12,14,16,18H,8-11H2. The van der Waals surface area contributed by atoms with Crippen molar-refractivity contribution in [3.05, 3.63) is 42.5 Å². The topological polar surface area (TPSA) is 46.2 Å². The normalized spacial score (nSPS) is 28.3. The number of sulfonamides is 1. The van der Waals surface area contributed by atoms with Crippen molar-refractivity contribution in [3.8, 4) is 0 Å². The fourth-order valence-electron chi connectivity index (χ4n) is 4.08. The summed E-state index contributed by atoms with van der Waals surface area (Å²) in [5.41, 5.74) is 0. The van der Waals surface area contributed by atoms with Gasteiger partial charge in [-0.25, -0.2) is 13.1 Å². The molecule has 0 aliphatic heterocycles. The van der Waals surface area contributed by atoms with Gasteiger partial charge in [0.15, 0.2) is 0 Å². The van der Waals surface area contributed by atoms with E-state index in [9.17, 15) is 8.42 Å². The third kappa shape index (κ3) is 2.27. The molecule has 0 saturated heterocycles. The van der Waals surface area contributed by atoms with Gasteiger partial charge in [0.1, 0.15) is 0 Å². The van der Waals surface area contributed by atoms with Crippen LogP contribution in [0.25, 0.3) is 10.8 Å². The molecule has 0 aromatic heterocycles. The third-order valence-corrected chi connectivity index (χ3v) is 6.63. The molecule has 2 aliphatic carbocycles. The number of fused-ring (bicyclic) bond motifs is 3. The van der Waals surface area contributed by atoms with Crippen LogP contribution in [0.2, 0.25) is 0 Å². The smallest absolute Gasteiger partial charge is 0.208 e. The molecule has 2 fully saturated rings. The molecule has 3 nitrogen and oxygen atoms in total. The van der Waals surface area contributed by atoms with Crippen LogP contribution in [0.15, 0.2) is 47.4 Å². The molecule has 110 valence electrons. The Balaban J connectivity index is 1.70. The van der Waals surface area contributed by atoms with Gasteiger partial charge < -0.3 is 0 Å². The average molecular weight is 301 g/mol. The lowest BCUT2D eigenvalue weighted by molar-refractivity contribution is 0.390. The first-order valence-corrected chi connectivity index (χ1v) is 9.12. The van der Waals surface area contributed by atoms with Crippen LogP contribution in [0.4, 0.5) is 0 Å². The molecule has 0 spiro atoms. The summed E-state index contributed by atoms with van der Waals surface area (Å²) < 4.78 is 28.5. The highest BCUT2D eigenvalue weighted by molar-refractivity contribution is 7.89. The predicted molar refractivity (Wildman–Crippen MR) is 83.5 cm³/mol. The van der Waals surface area contributed by atoms with Crippen LogP contribution < -0.4 is 4.72 Å². The number of nitrogens with one attached hydrogen (secondary N) is 1. The summed E-state index contributed by atoms with van der Waals surface area (Å²) in [5.74, 6) is 1.27. The molecule has 2 aromatic carbocycles. The number of hydrogen-bond acceptors (Lipinski definition) is 2. The minimum atomic E-state index is -3.44. The van der Waals surface area contributed by atoms with Crippen molar-refractivity contribution >= 4 is 20.8 Å². The second-order valence-corrected chi connectivity index (χ2v) is 8.06. The first-order chi connectivity index (χ1) is 10.1. The summed E-state index contributed by atoms with van der Waals surface area (Å²) in [6.07, 6.45) is 4.65. The van der Waals surface area contributed by atoms with E-state index in [0.717, 1.165) is 23.1 Å². The monoisotopic (exact) mass is 301 g/mol. The molecule has 3 unspecified atom stereocenters. The van der Waals surface area contributed by atoms with E-state index in [0.29, 0.717) is 10.8 Å². The van der Waals surface area contributed by atoms with Gasteiger partial charge in [0.05, 0.1) is 4.90 Å². The Morgan fingerprint density at radius 1 is 0.952 bits per heavy atom. The Hall–Kier alpha value is -1.39. The van der Waals surface area contributed by atoms with Crippen LogP contribution in [-0.4, -0.2) is 14.5 Å². The summed E-state index contributed by atoms with van der Waals surface area (Å²) >= 11 is 0. The van der Waals surface area contributed by atoms with E-state index < -0.39 is 10.0 Å². The number of hydrogen-bond donors (Lipinski definition) is 1. The molecular formula is C17H19NO2S. The lowest BCUT2D eigenvalue weighted by Crippen LogP contribution is -2.38. The summed E-state index contributed by atoms with van der Waals surface area (Å²) in [5, 5.41) is 1.77. The van der Waals surface area contributed by atoms with Crippen molar-refractivity contribution < 1.29 is 8.42 Å². The van der Waals surface area contributed by atoms with Crippen LogP contribution in [0, 0.1) is 11.8 Å². The van der Waals surface area contributed by atoms with Gasteiger partial charge >= 0.3 is 0 Å². The van der Waals surface area contributed by atoms with Crippen molar-refractivity contribution in [1.82, 2.24) is 4.72 Å². The van der Waals surface area contributed by atoms with Crippen molar-refractivity contribution in [3.63, 3.8) is 0 Å². The van der Waals surface area contributed by atoms with Gasteiger partial charge in [0.25, 0.3) is 0 Å². The van der Waals surface area contributed by atoms with Crippen LogP contribution in [0.5, 0.6) is 0 Å². The zero-order chi connectivity index (χ0) is 14.4. The van der Waals surface area contributed by atoms with Crippen molar-refractivity contribution in [2.75, 3.05) is 0 Å². The zero-order valence-corrected chi connectivity index (χ0v) is 12.6. The Labute approximate surface area is 125 Å². The Kier molecular flexibility index (Phi) is 3.05. The number of rotatable bonds is 3. The van der Waals surface area contributed by atoms with Crippen molar-refractivity contribution in [1.29, 1.82) is 0 Å². The van der Waals surface area contributed by atoms with Crippen LogP contribution in [0.3, 0.4) is 0 Å². The Morgan fingerprint density at radius 3 is 2.52 bits per heavy atom. The molecule has 21 heavy (non-hydrogen) atoms. The Morgan fingerprint density at radius 2 is 1.76 bits per heavy atom. The van der Waals surface area contributed by atoms with Gasteiger partial charge in [-0.1, -0.05) is 42.8 Å². The van der Waals surface area contributed by atoms with Gasteiger partial charge in [0.2, 0.25) is 10.0 Å². The molecule has 0 amide bonds. The molecule has 4 rings (SSSR count). The molecule has 2 saturated carbocycles. The minimum Gasteiger partial charge on any atom is -0.208 e. The van der Waals surface area contributed by atoms with E-state index in [1.807, 2.05) is 36.4 Å². The van der Waals surface area contributed by atoms with Gasteiger partial charge in [-0.3, -0.25) is 0 Å².